The van der Waals surface area contributed by atoms with E-state index in [0.717, 1.165) is 50.8 Å². The Hall–Kier alpha value is -0.830. The molecular formula is C17H35IN6. The van der Waals surface area contributed by atoms with Gasteiger partial charge in [-0.1, -0.05) is 0 Å². The fraction of sp³-hybridized carbons (Fsp3) is 0.765. The molecule has 7 heteroatoms. The highest BCUT2D eigenvalue weighted by molar-refractivity contribution is 14.0. The number of hydrogen-bond donors (Lipinski definition) is 2. The minimum atomic E-state index is 0. The third kappa shape index (κ3) is 8.86. The number of guanidine groups is 1. The van der Waals surface area contributed by atoms with Crippen LogP contribution in [0.2, 0.25) is 0 Å². The summed E-state index contributed by atoms with van der Waals surface area (Å²) in [5.41, 5.74) is 2.29. The van der Waals surface area contributed by atoms with Gasteiger partial charge in [0.2, 0.25) is 0 Å². The van der Waals surface area contributed by atoms with Crippen molar-refractivity contribution in [2.45, 2.75) is 53.6 Å². The maximum Gasteiger partial charge on any atom is 0.191 e. The SMILES string of the molecule is CCNC(=NCCCn1nc(C)cc1C)NCCN(C)C(C)C.I. The van der Waals surface area contributed by atoms with E-state index in [1.807, 2.05) is 6.92 Å². The molecule has 1 rings (SSSR count). The number of likely N-dealkylation sites (N-methyl/N-ethyl adjacent to an activating group) is 1. The Bertz CT molecular complexity index is 483. The van der Waals surface area contributed by atoms with Crippen LogP contribution >= 0.6 is 24.0 Å². The second kappa shape index (κ2) is 12.5. The topological polar surface area (TPSA) is 57.5 Å². The van der Waals surface area contributed by atoms with Crippen molar-refractivity contribution in [2.75, 3.05) is 33.2 Å². The van der Waals surface area contributed by atoms with Gasteiger partial charge in [-0.15, -0.1) is 24.0 Å². The zero-order valence-corrected chi connectivity index (χ0v) is 18.4. The van der Waals surface area contributed by atoms with Crippen LogP contribution in [0.1, 0.15) is 38.6 Å². The van der Waals surface area contributed by atoms with Crippen LogP contribution < -0.4 is 10.6 Å². The second-order valence-corrected chi connectivity index (χ2v) is 6.27. The van der Waals surface area contributed by atoms with Gasteiger partial charge >= 0.3 is 0 Å². The highest BCUT2D eigenvalue weighted by atomic mass is 127. The molecular weight excluding hydrogens is 415 g/mol. The molecule has 0 aliphatic carbocycles. The van der Waals surface area contributed by atoms with Crippen LogP contribution in [0.5, 0.6) is 0 Å². The number of nitrogens with zero attached hydrogens (tertiary/aromatic N) is 4. The average Bonchev–Trinajstić information content (AvgIpc) is 2.81. The first-order valence-electron chi connectivity index (χ1n) is 8.67. The first kappa shape index (κ1) is 23.2. The molecule has 0 spiro atoms. The van der Waals surface area contributed by atoms with E-state index in [4.69, 9.17) is 0 Å². The van der Waals surface area contributed by atoms with E-state index in [0.29, 0.717) is 6.04 Å². The van der Waals surface area contributed by atoms with Crippen LogP contribution in [0.3, 0.4) is 0 Å². The van der Waals surface area contributed by atoms with E-state index in [2.05, 4.69) is 71.1 Å². The van der Waals surface area contributed by atoms with Gasteiger partial charge < -0.3 is 15.5 Å². The molecule has 0 aromatic carbocycles. The van der Waals surface area contributed by atoms with Gasteiger partial charge in [0, 0.05) is 44.5 Å². The van der Waals surface area contributed by atoms with E-state index in [9.17, 15) is 0 Å². The standard InChI is InChI=1S/C17H34N6.HI/c1-7-18-17(20-10-12-22(6)14(2)3)19-9-8-11-23-16(5)13-15(4)21-23;/h13-14H,7-12H2,1-6H3,(H2,18,19,20);1H. The Labute approximate surface area is 164 Å². The van der Waals surface area contributed by atoms with E-state index in [1.165, 1.54) is 5.69 Å². The fourth-order valence-electron chi connectivity index (χ4n) is 2.26. The van der Waals surface area contributed by atoms with Gasteiger partial charge in [0.05, 0.1) is 5.69 Å². The van der Waals surface area contributed by atoms with Crippen molar-refractivity contribution in [3.8, 4) is 0 Å². The van der Waals surface area contributed by atoms with Crippen LogP contribution in [-0.2, 0) is 6.54 Å². The van der Waals surface area contributed by atoms with E-state index in [1.54, 1.807) is 0 Å². The van der Waals surface area contributed by atoms with Crippen molar-refractivity contribution in [1.29, 1.82) is 0 Å². The number of halogens is 1. The Morgan fingerprint density at radius 1 is 1.33 bits per heavy atom. The zero-order chi connectivity index (χ0) is 17.2. The largest absolute Gasteiger partial charge is 0.357 e. The molecule has 6 nitrogen and oxygen atoms in total. The predicted molar refractivity (Wildman–Crippen MR) is 113 cm³/mol. The number of nitrogens with one attached hydrogen (secondary N) is 2. The Morgan fingerprint density at radius 2 is 2.04 bits per heavy atom. The lowest BCUT2D eigenvalue weighted by atomic mass is 10.3. The summed E-state index contributed by atoms with van der Waals surface area (Å²) in [6.07, 6.45) is 0.991. The first-order valence-corrected chi connectivity index (χ1v) is 8.67. The zero-order valence-electron chi connectivity index (χ0n) is 16.1. The normalized spacial score (nSPS) is 11.8. The molecule has 140 valence electrons. The van der Waals surface area contributed by atoms with Crippen molar-refractivity contribution in [1.82, 2.24) is 25.3 Å². The minimum Gasteiger partial charge on any atom is -0.357 e. The second-order valence-electron chi connectivity index (χ2n) is 6.27. The summed E-state index contributed by atoms with van der Waals surface area (Å²) >= 11 is 0. The molecule has 0 atom stereocenters. The fourth-order valence-corrected chi connectivity index (χ4v) is 2.26. The van der Waals surface area contributed by atoms with Gasteiger partial charge in [-0.05, 0) is 54.2 Å². The van der Waals surface area contributed by atoms with Crippen molar-refractivity contribution >= 4 is 29.9 Å². The van der Waals surface area contributed by atoms with Crippen LogP contribution in [-0.4, -0.2) is 59.9 Å². The molecule has 1 heterocycles. The molecule has 0 saturated heterocycles. The smallest absolute Gasteiger partial charge is 0.191 e. The Balaban J connectivity index is 0.00000529. The number of hydrogen-bond acceptors (Lipinski definition) is 3. The molecule has 2 N–H and O–H groups in total. The monoisotopic (exact) mass is 450 g/mol. The Morgan fingerprint density at radius 3 is 2.58 bits per heavy atom. The van der Waals surface area contributed by atoms with Crippen LogP contribution in [0.25, 0.3) is 0 Å². The molecule has 0 fully saturated rings. The van der Waals surface area contributed by atoms with E-state index < -0.39 is 0 Å². The maximum absolute atomic E-state index is 4.64. The highest BCUT2D eigenvalue weighted by Crippen LogP contribution is 2.02. The summed E-state index contributed by atoms with van der Waals surface area (Å²) in [7, 11) is 2.14. The van der Waals surface area contributed by atoms with Crippen molar-refractivity contribution in [3.63, 3.8) is 0 Å². The average molecular weight is 450 g/mol. The predicted octanol–water partition coefficient (Wildman–Crippen LogP) is 2.40. The summed E-state index contributed by atoms with van der Waals surface area (Å²) in [5.74, 6) is 0.901. The highest BCUT2D eigenvalue weighted by Gasteiger charge is 2.03. The molecule has 0 unspecified atom stereocenters. The lowest BCUT2D eigenvalue weighted by Crippen LogP contribution is -2.42. The number of rotatable bonds is 9. The van der Waals surface area contributed by atoms with Crippen molar-refractivity contribution < 1.29 is 0 Å². The molecule has 24 heavy (non-hydrogen) atoms. The van der Waals surface area contributed by atoms with Gasteiger partial charge in [-0.25, -0.2) is 0 Å². The molecule has 0 saturated carbocycles. The summed E-state index contributed by atoms with van der Waals surface area (Å²) in [6, 6.07) is 2.68. The third-order valence-electron chi connectivity index (χ3n) is 3.88. The number of aromatic nitrogens is 2. The quantitative estimate of drug-likeness (QED) is 0.263. The lowest BCUT2D eigenvalue weighted by Gasteiger charge is -2.21. The van der Waals surface area contributed by atoms with Crippen LogP contribution in [0, 0.1) is 13.8 Å². The van der Waals surface area contributed by atoms with Gasteiger partial charge in [-0.2, -0.15) is 5.10 Å². The molecule has 1 aromatic rings. The van der Waals surface area contributed by atoms with Gasteiger partial charge in [0.1, 0.15) is 0 Å². The summed E-state index contributed by atoms with van der Waals surface area (Å²) in [5, 5.41) is 11.2. The van der Waals surface area contributed by atoms with Gasteiger partial charge in [-0.3, -0.25) is 9.67 Å². The maximum atomic E-state index is 4.64. The third-order valence-corrected chi connectivity index (χ3v) is 3.88. The molecule has 0 aliphatic heterocycles. The molecule has 0 amide bonds. The van der Waals surface area contributed by atoms with Crippen molar-refractivity contribution in [2.24, 2.45) is 4.99 Å². The molecule has 0 radical (unpaired) electrons. The van der Waals surface area contributed by atoms with Gasteiger partial charge in [0.25, 0.3) is 0 Å². The summed E-state index contributed by atoms with van der Waals surface area (Å²) in [4.78, 5) is 6.96. The first-order chi connectivity index (χ1) is 10.9. The van der Waals surface area contributed by atoms with E-state index >= 15 is 0 Å². The van der Waals surface area contributed by atoms with E-state index in [-0.39, 0.29) is 24.0 Å². The summed E-state index contributed by atoms with van der Waals surface area (Å²) in [6.45, 7) is 15.1. The number of aryl methyl sites for hydroxylation is 3. The minimum absolute atomic E-state index is 0. The molecule has 0 bridgehead atoms. The number of aliphatic imine (C=N–C) groups is 1. The summed E-state index contributed by atoms with van der Waals surface area (Å²) < 4.78 is 2.06. The van der Waals surface area contributed by atoms with Gasteiger partial charge in [0.15, 0.2) is 5.96 Å². The van der Waals surface area contributed by atoms with Crippen molar-refractivity contribution in [3.05, 3.63) is 17.5 Å². The van der Waals surface area contributed by atoms with Crippen LogP contribution in [0.4, 0.5) is 0 Å². The lowest BCUT2D eigenvalue weighted by molar-refractivity contribution is 0.278. The van der Waals surface area contributed by atoms with Crippen LogP contribution in [0.15, 0.2) is 11.1 Å². The Kier molecular flexibility index (Phi) is 12.1. The molecule has 0 aliphatic rings. The molecule has 1 aromatic heterocycles.